The molecule has 0 spiro atoms. The van der Waals surface area contributed by atoms with Crippen LogP contribution in [0.4, 0.5) is 9.59 Å². The van der Waals surface area contributed by atoms with E-state index in [0.29, 0.717) is 55.7 Å². The lowest BCUT2D eigenvalue weighted by atomic mass is 9.99. The van der Waals surface area contributed by atoms with Gasteiger partial charge in [0.25, 0.3) is 11.8 Å². The lowest BCUT2D eigenvalue weighted by molar-refractivity contribution is -0.133. The molecule has 2 amide bonds. The molecule has 0 radical (unpaired) electrons. The van der Waals surface area contributed by atoms with Gasteiger partial charge >= 0.3 is 48.1 Å². The standard InChI is InChI=1S/C14H12O4.C12H12O2.C12H12.C10H12N2O2.C10H10O6.2C10H10O4.C8H10O2.C8H10.8CH4/c1-17-13(15)11-7-8-12(14(16)18-2)10-6-4-3-5-9(10)11;1-13-11-7-8-12(14-2)10-6-4-3-5-9(10)11;1-9-7-8-10(2)12-6-4-3-5-11(9)12;1-11-9(13)7-3-5-8(6-4-7)10(14)12-2;1-13-9(11)15-7-3-5-8(6-4-7)16-10(12)14-2;1-13-9(11)7-3-5-8(6-4-7)10(12)14-2;1-7(11)13-9-3-5-10(6-4-9)14-8(2)12;1-9-7-3-5-8(10-2)6-4-7;1-7-3-5-8(2)6-4-7;;;;;;;;/h3-8H,1-2H3;3-8H,1-2H3;3-8H,1-2H3;3-6H,1-2H3,(H,11,13)(H,12,14);3-6H,1-2H3;2*3-6H,1-2H3;3-6H,1-2H3;3-6H,1-2H3;8*1H4. The van der Waals surface area contributed by atoms with Crippen LogP contribution in [-0.4, -0.2) is 145 Å². The van der Waals surface area contributed by atoms with Crippen molar-refractivity contribution in [2.45, 2.75) is 101 Å². The van der Waals surface area contributed by atoms with Gasteiger partial charge in [0, 0.05) is 49.8 Å². The molecule has 0 bridgehead atoms. The number of esters is 6. The predicted molar refractivity (Wildman–Crippen MR) is 510 cm³/mol. The van der Waals surface area contributed by atoms with E-state index in [1.165, 1.54) is 138 Å². The Labute approximate surface area is 755 Å². The molecule has 26 nitrogen and oxygen atoms in total. The molecular formula is C102H130N2O24. The molecule has 12 rings (SSSR count). The van der Waals surface area contributed by atoms with Crippen LogP contribution in [0.25, 0.3) is 32.3 Å². The highest BCUT2D eigenvalue weighted by Crippen LogP contribution is 2.33. The highest BCUT2D eigenvalue weighted by Gasteiger charge is 2.17. The van der Waals surface area contributed by atoms with Crippen LogP contribution in [0, 0.1) is 27.7 Å². The van der Waals surface area contributed by atoms with Crippen molar-refractivity contribution in [2.24, 2.45) is 0 Å². The van der Waals surface area contributed by atoms with Crippen molar-refractivity contribution in [2.75, 3.05) is 85.2 Å². The number of hydrogen-bond acceptors (Lipinski definition) is 24. The fourth-order valence-electron chi connectivity index (χ4n) is 10.2. The molecule has 0 saturated carbocycles. The second-order valence-corrected chi connectivity index (χ2v) is 24.5. The number of aryl methyl sites for hydroxylation is 4. The normalized spacial score (nSPS) is 8.98. The Hall–Kier alpha value is -15.1. The average molecular weight is 1770 g/mol. The maximum absolute atomic E-state index is 11.6. The highest BCUT2D eigenvalue weighted by atomic mass is 16.7. The molecule has 0 aliphatic heterocycles. The first-order valence-electron chi connectivity index (χ1n) is 36.4. The minimum atomic E-state index is -0.818. The van der Waals surface area contributed by atoms with Crippen LogP contribution < -0.4 is 48.5 Å². The van der Waals surface area contributed by atoms with Crippen molar-refractivity contribution >= 4 is 92.3 Å². The van der Waals surface area contributed by atoms with Gasteiger partial charge in [0.1, 0.15) is 46.0 Å². The molecular weight excluding hydrogens is 1640 g/mol. The first-order chi connectivity index (χ1) is 57.6. The van der Waals surface area contributed by atoms with E-state index in [1.807, 2.05) is 60.7 Å². The Bertz CT molecular complexity index is 4910. The van der Waals surface area contributed by atoms with Crippen LogP contribution >= 0.6 is 0 Å². The fourth-order valence-corrected chi connectivity index (χ4v) is 10.2. The summed E-state index contributed by atoms with van der Waals surface area (Å²) < 4.78 is 66.5. The van der Waals surface area contributed by atoms with E-state index in [2.05, 4.69) is 118 Å². The van der Waals surface area contributed by atoms with Gasteiger partial charge in [-0.05, 0) is 206 Å². The summed E-state index contributed by atoms with van der Waals surface area (Å²) in [6, 6.07) is 75.5. The van der Waals surface area contributed by atoms with Crippen molar-refractivity contribution in [3.8, 4) is 46.0 Å². The molecule has 0 aliphatic carbocycles. The van der Waals surface area contributed by atoms with Gasteiger partial charge in [-0.3, -0.25) is 19.2 Å². The minimum Gasteiger partial charge on any atom is -0.497 e. The number of amides is 2. The number of fused-ring (bicyclic) bond motifs is 3. The third kappa shape index (κ3) is 40.9. The Kier molecular flexibility index (Phi) is 62.2. The SMILES string of the molecule is C.C.C.C.C.C.C.C.CC(=O)Oc1ccc(OC(C)=O)cc1.CNC(=O)c1ccc(C(=O)NC)cc1.COC(=O)Oc1ccc(OC(=O)OC)cc1.COC(=O)c1ccc(C(=O)OC)c2ccccc12.COC(=O)c1ccc(C(=O)OC)cc1.COc1ccc(OC)c2ccccc12.COc1ccc(OC)cc1.Cc1ccc(C)c2ccccc12.Cc1ccc(C)cc1. The topological polar surface area (TPSA) is 324 Å². The van der Waals surface area contributed by atoms with Crippen molar-refractivity contribution < 1.29 is 114 Å². The fraction of sp³-hybridized carbons (Fsp3) is 0.255. The van der Waals surface area contributed by atoms with E-state index in [-0.39, 0.29) is 94.7 Å². The van der Waals surface area contributed by atoms with Crippen LogP contribution in [0.1, 0.15) is 158 Å². The molecule has 0 fully saturated rings. The van der Waals surface area contributed by atoms with Crippen LogP contribution in [0.3, 0.4) is 0 Å². The summed E-state index contributed by atoms with van der Waals surface area (Å²) in [5, 5.41) is 11.3. The van der Waals surface area contributed by atoms with E-state index >= 15 is 0 Å². The van der Waals surface area contributed by atoms with Gasteiger partial charge in [-0.2, -0.15) is 0 Å². The number of rotatable bonds is 14. The molecule has 0 aliphatic rings. The van der Waals surface area contributed by atoms with Crippen LogP contribution in [-0.2, 0) is 38.0 Å². The van der Waals surface area contributed by atoms with E-state index < -0.39 is 36.2 Å². The lowest BCUT2D eigenvalue weighted by Gasteiger charge is -2.08. The maximum atomic E-state index is 11.6. The largest absolute Gasteiger partial charge is 0.513 e. The second kappa shape index (κ2) is 65.6. The summed E-state index contributed by atoms with van der Waals surface area (Å²) in [4.78, 5) is 110. The van der Waals surface area contributed by atoms with Gasteiger partial charge in [0.15, 0.2) is 0 Å². The van der Waals surface area contributed by atoms with Gasteiger partial charge in [0.05, 0.1) is 93.4 Å². The quantitative estimate of drug-likeness (QED) is 0.0442. The molecule has 128 heavy (non-hydrogen) atoms. The Morgan fingerprint density at radius 3 is 0.711 bits per heavy atom. The summed E-state index contributed by atoms with van der Waals surface area (Å²) in [5.41, 5.74) is 8.13. The Morgan fingerprint density at radius 2 is 0.477 bits per heavy atom. The molecule has 0 aromatic heterocycles. The monoisotopic (exact) mass is 1770 g/mol. The Balaban J connectivity index is -0.000000442. The molecule has 0 atom stereocenters. The third-order valence-electron chi connectivity index (χ3n) is 16.4. The smallest absolute Gasteiger partial charge is 0.497 e. The zero-order valence-corrected chi connectivity index (χ0v) is 70.0. The summed E-state index contributed by atoms with van der Waals surface area (Å²) >= 11 is 0. The summed E-state index contributed by atoms with van der Waals surface area (Å²) in [7, 11) is 17.4. The number of carbonyl (C=O) groups is 10. The number of benzene rings is 12. The predicted octanol–water partition coefficient (Wildman–Crippen LogP) is 23.0. The zero-order chi connectivity index (χ0) is 88.6. The number of ether oxygens (including phenoxy) is 14. The molecule has 2 N–H and O–H groups in total. The van der Waals surface area contributed by atoms with Crippen molar-refractivity contribution in [3.63, 3.8) is 0 Å². The van der Waals surface area contributed by atoms with E-state index in [4.69, 9.17) is 47.4 Å². The zero-order valence-electron chi connectivity index (χ0n) is 70.0. The lowest BCUT2D eigenvalue weighted by Crippen LogP contribution is -2.19. The summed E-state index contributed by atoms with van der Waals surface area (Å²) in [5.74, 6) is 2.06. The average Bonchev–Trinajstić information content (AvgIpc) is 0.788. The number of carbonyl (C=O) groups excluding carboxylic acids is 10. The van der Waals surface area contributed by atoms with Crippen LogP contribution in [0.15, 0.2) is 255 Å². The first-order valence-corrected chi connectivity index (χ1v) is 36.4. The highest BCUT2D eigenvalue weighted by molar-refractivity contribution is 6.12. The second-order valence-electron chi connectivity index (χ2n) is 24.5. The molecule has 12 aromatic rings. The van der Waals surface area contributed by atoms with Gasteiger partial charge in [-0.15, -0.1) is 0 Å². The molecule has 26 heteroatoms. The van der Waals surface area contributed by atoms with E-state index in [9.17, 15) is 47.9 Å². The van der Waals surface area contributed by atoms with Gasteiger partial charge in [-0.1, -0.05) is 180 Å². The van der Waals surface area contributed by atoms with Gasteiger partial charge < -0.3 is 76.9 Å². The first kappa shape index (κ1) is 121. The summed E-state index contributed by atoms with van der Waals surface area (Å²) in [6.45, 7) is 11.1. The molecule has 0 unspecified atom stereocenters. The Morgan fingerprint density at radius 1 is 0.234 bits per heavy atom. The number of methoxy groups -OCH3 is 10. The van der Waals surface area contributed by atoms with Gasteiger partial charge in [-0.25, -0.2) is 28.8 Å². The van der Waals surface area contributed by atoms with Crippen molar-refractivity contribution in [1.29, 1.82) is 0 Å². The van der Waals surface area contributed by atoms with Crippen LogP contribution in [0.2, 0.25) is 0 Å². The number of nitrogens with one attached hydrogen (secondary N) is 2. The molecule has 12 aromatic carbocycles. The van der Waals surface area contributed by atoms with Crippen molar-refractivity contribution in [1.82, 2.24) is 10.6 Å². The minimum absolute atomic E-state index is 0. The van der Waals surface area contributed by atoms with Crippen molar-refractivity contribution in [3.05, 3.63) is 310 Å². The van der Waals surface area contributed by atoms with Crippen LogP contribution in [0.5, 0.6) is 46.0 Å². The maximum Gasteiger partial charge on any atom is 0.513 e. The van der Waals surface area contributed by atoms with Gasteiger partial charge in [0.2, 0.25) is 0 Å². The van der Waals surface area contributed by atoms with E-state index in [1.54, 1.807) is 127 Å². The summed E-state index contributed by atoms with van der Waals surface area (Å²) in [6.07, 6.45) is -1.64. The molecule has 0 heterocycles. The molecule has 0 saturated heterocycles. The number of hydrogen-bond donors (Lipinski definition) is 2. The third-order valence-corrected chi connectivity index (χ3v) is 16.4. The molecule has 692 valence electrons. The van der Waals surface area contributed by atoms with E-state index in [0.717, 1.165) is 33.8 Å².